The molecule has 212 valence electrons. The van der Waals surface area contributed by atoms with Crippen molar-refractivity contribution in [3.63, 3.8) is 0 Å². The van der Waals surface area contributed by atoms with Crippen LogP contribution in [0.4, 0.5) is 26.3 Å². The van der Waals surface area contributed by atoms with Crippen LogP contribution >= 0.6 is 0 Å². The van der Waals surface area contributed by atoms with Gasteiger partial charge in [-0.05, 0) is 62.8 Å². The lowest BCUT2D eigenvalue weighted by Gasteiger charge is -2.29. The van der Waals surface area contributed by atoms with Gasteiger partial charge in [0.05, 0.1) is 17.7 Å². The van der Waals surface area contributed by atoms with E-state index in [1.165, 1.54) is 24.3 Å². The minimum atomic E-state index is -4.29. The molecule has 2 heterocycles. The molecule has 3 aromatic rings. The third-order valence-corrected chi connectivity index (χ3v) is 5.94. The van der Waals surface area contributed by atoms with E-state index in [0.717, 1.165) is 61.7 Å². The van der Waals surface area contributed by atoms with E-state index in [0.29, 0.717) is 31.5 Å². The first-order valence-corrected chi connectivity index (χ1v) is 12.5. The molecule has 10 heteroatoms. The predicted octanol–water partition coefficient (Wildman–Crippen LogP) is 7.59. The molecular weight excluding hydrogens is 524 g/mol. The van der Waals surface area contributed by atoms with E-state index < -0.39 is 23.5 Å². The molecule has 0 N–H and O–H groups in total. The predicted molar refractivity (Wildman–Crippen MR) is 136 cm³/mol. The fourth-order valence-corrected chi connectivity index (χ4v) is 3.98. The number of fused-ring (bicyclic) bond motifs is 1. The highest BCUT2D eigenvalue weighted by Crippen LogP contribution is 2.31. The van der Waals surface area contributed by atoms with Gasteiger partial charge in [-0.2, -0.15) is 26.3 Å². The molecule has 0 saturated carbocycles. The lowest BCUT2D eigenvalue weighted by molar-refractivity contribution is -0.138. The van der Waals surface area contributed by atoms with Crippen molar-refractivity contribution in [1.29, 1.82) is 0 Å². The van der Waals surface area contributed by atoms with Crippen LogP contribution in [0.3, 0.4) is 0 Å². The molecule has 0 unspecified atom stereocenters. The largest absolute Gasteiger partial charge is 0.493 e. The fourth-order valence-electron chi connectivity index (χ4n) is 3.98. The highest BCUT2D eigenvalue weighted by atomic mass is 19.4. The van der Waals surface area contributed by atoms with E-state index in [4.69, 9.17) is 14.2 Å². The molecule has 1 saturated heterocycles. The Bertz CT molecular complexity index is 1100. The summed E-state index contributed by atoms with van der Waals surface area (Å²) >= 11 is 0. The van der Waals surface area contributed by atoms with E-state index in [1.54, 1.807) is 6.07 Å². The van der Waals surface area contributed by atoms with Crippen molar-refractivity contribution in [1.82, 2.24) is 4.90 Å². The number of rotatable bonds is 3. The van der Waals surface area contributed by atoms with Crippen LogP contribution in [-0.4, -0.2) is 44.9 Å². The third-order valence-electron chi connectivity index (χ3n) is 5.94. The van der Waals surface area contributed by atoms with Gasteiger partial charge in [0.1, 0.15) is 19.0 Å². The zero-order valence-electron chi connectivity index (χ0n) is 21.5. The first-order valence-electron chi connectivity index (χ1n) is 12.5. The Morgan fingerprint density at radius 3 is 1.74 bits per heavy atom. The molecule has 4 nitrogen and oxygen atoms in total. The second-order valence-electron chi connectivity index (χ2n) is 9.11. The topological polar surface area (TPSA) is 30.9 Å². The Balaban J connectivity index is 0.000000177. The van der Waals surface area contributed by atoms with Crippen molar-refractivity contribution in [3.8, 4) is 17.2 Å². The molecule has 2 aliphatic rings. The van der Waals surface area contributed by atoms with Crippen molar-refractivity contribution in [3.05, 3.63) is 90.0 Å². The summed E-state index contributed by atoms with van der Waals surface area (Å²) in [4.78, 5) is 2.25. The number of para-hydroxylation sites is 2. The molecule has 2 aliphatic heterocycles. The Hall–Kier alpha value is -3.40. The van der Waals surface area contributed by atoms with Gasteiger partial charge in [0.25, 0.3) is 0 Å². The maximum atomic E-state index is 12.4. The summed E-state index contributed by atoms with van der Waals surface area (Å²) < 4.78 is 88.7. The van der Waals surface area contributed by atoms with Crippen molar-refractivity contribution in [2.75, 3.05) is 40.0 Å². The van der Waals surface area contributed by atoms with Crippen LogP contribution in [0, 0.1) is 5.92 Å². The number of ether oxygens (including phenoxy) is 3. The van der Waals surface area contributed by atoms with E-state index in [9.17, 15) is 26.3 Å². The number of likely N-dealkylation sites (tertiary alicyclic amines) is 1. The van der Waals surface area contributed by atoms with E-state index in [2.05, 4.69) is 11.9 Å². The summed E-state index contributed by atoms with van der Waals surface area (Å²) in [5.41, 5.74) is -1.24. The monoisotopic (exact) mass is 555 g/mol. The minimum Gasteiger partial charge on any atom is -0.493 e. The SMILES string of the molecule is CN1CCC[C@H](COc2ccc(C(F)(F)F)cc2)C1.FC(F)(F)c1ccccc1.c1ccc2c(c1)OCCO2. The van der Waals surface area contributed by atoms with Crippen LogP contribution < -0.4 is 14.2 Å². The number of hydrogen-bond donors (Lipinski definition) is 0. The van der Waals surface area contributed by atoms with E-state index in [1.807, 2.05) is 24.3 Å². The number of alkyl halides is 6. The van der Waals surface area contributed by atoms with Gasteiger partial charge in [0, 0.05) is 12.5 Å². The van der Waals surface area contributed by atoms with Gasteiger partial charge in [-0.1, -0.05) is 42.5 Å². The van der Waals surface area contributed by atoms with Gasteiger partial charge >= 0.3 is 12.4 Å². The Morgan fingerprint density at radius 2 is 1.26 bits per heavy atom. The minimum absolute atomic E-state index is 0.459. The Morgan fingerprint density at radius 1 is 0.744 bits per heavy atom. The van der Waals surface area contributed by atoms with Gasteiger partial charge in [-0.25, -0.2) is 0 Å². The summed E-state index contributed by atoms with van der Waals surface area (Å²) in [5.74, 6) is 2.67. The summed E-state index contributed by atoms with van der Waals surface area (Å²) in [5, 5.41) is 0. The molecule has 0 aliphatic carbocycles. The molecule has 39 heavy (non-hydrogen) atoms. The fraction of sp³-hybridized carbons (Fsp3) is 0.379. The maximum absolute atomic E-state index is 12.4. The van der Waals surface area contributed by atoms with Gasteiger partial charge in [0.15, 0.2) is 11.5 Å². The molecule has 0 aromatic heterocycles. The molecule has 1 fully saturated rings. The number of benzene rings is 3. The molecule has 0 bridgehead atoms. The zero-order chi connectivity index (χ0) is 28.3. The molecule has 0 spiro atoms. The molecule has 1 atom stereocenters. The van der Waals surface area contributed by atoms with Gasteiger partial charge < -0.3 is 19.1 Å². The van der Waals surface area contributed by atoms with Gasteiger partial charge in [0.2, 0.25) is 0 Å². The maximum Gasteiger partial charge on any atom is 0.416 e. The zero-order valence-corrected chi connectivity index (χ0v) is 21.5. The molecule has 3 aromatic carbocycles. The standard InChI is InChI=1S/C14H18F3NO.C8H8O2.C7H5F3/c1-18-8-2-3-11(9-18)10-19-13-6-4-12(5-7-13)14(15,16)17;1-2-4-8-7(3-1)9-5-6-10-8;8-7(9,10)6-4-2-1-3-5-6/h4-7,11H,2-3,8-10H2,1H3;1-4H,5-6H2;1-5H/t11-;;/m0../s1. The van der Waals surface area contributed by atoms with Crippen molar-refractivity contribution < 1.29 is 40.6 Å². The molecule has 0 radical (unpaired) electrons. The average Bonchev–Trinajstić information content (AvgIpc) is 2.93. The van der Waals surface area contributed by atoms with E-state index in [-0.39, 0.29) is 0 Å². The van der Waals surface area contributed by atoms with Crippen molar-refractivity contribution in [2.24, 2.45) is 5.92 Å². The number of hydrogen-bond acceptors (Lipinski definition) is 4. The number of nitrogens with zero attached hydrogens (tertiary/aromatic N) is 1. The average molecular weight is 556 g/mol. The van der Waals surface area contributed by atoms with Crippen LogP contribution in [0.5, 0.6) is 17.2 Å². The Kier molecular flexibility index (Phi) is 10.9. The number of piperidine rings is 1. The first kappa shape index (κ1) is 30.1. The Labute approximate surface area is 224 Å². The van der Waals surface area contributed by atoms with Gasteiger partial charge in [-0.15, -0.1) is 0 Å². The number of halogens is 6. The molecular formula is C29H31F6NO3. The quantitative estimate of drug-likeness (QED) is 0.312. The highest BCUT2D eigenvalue weighted by Gasteiger charge is 2.30. The lowest BCUT2D eigenvalue weighted by Crippen LogP contribution is -2.34. The smallest absolute Gasteiger partial charge is 0.416 e. The van der Waals surface area contributed by atoms with Crippen LogP contribution in [0.15, 0.2) is 78.9 Å². The second kappa shape index (κ2) is 14.1. The summed E-state index contributed by atoms with van der Waals surface area (Å²) in [6.07, 6.45) is -6.23. The highest BCUT2D eigenvalue weighted by molar-refractivity contribution is 5.40. The lowest BCUT2D eigenvalue weighted by atomic mass is 10.00. The first-order chi connectivity index (χ1) is 18.5. The third kappa shape index (κ3) is 10.4. The summed E-state index contributed by atoms with van der Waals surface area (Å²) in [7, 11) is 2.07. The van der Waals surface area contributed by atoms with Crippen molar-refractivity contribution >= 4 is 0 Å². The normalized spacial score (nSPS) is 17.2. The van der Waals surface area contributed by atoms with E-state index >= 15 is 0 Å². The second-order valence-corrected chi connectivity index (χ2v) is 9.11. The van der Waals surface area contributed by atoms with Crippen LogP contribution in [-0.2, 0) is 12.4 Å². The van der Waals surface area contributed by atoms with Crippen LogP contribution in [0.25, 0.3) is 0 Å². The van der Waals surface area contributed by atoms with Gasteiger partial charge in [-0.3, -0.25) is 0 Å². The van der Waals surface area contributed by atoms with Crippen molar-refractivity contribution in [2.45, 2.75) is 25.2 Å². The van der Waals surface area contributed by atoms with Crippen LogP contribution in [0.1, 0.15) is 24.0 Å². The van der Waals surface area contributed by atoms with Crippen LogP contribution in [0.2, 0.25) is 0 Å². The molecule has 0 amide bonds. The summed E-state index contributed by atoms with van der Waals surface area (Å²) in [6, 6.07) is 18.9. The molecule has 5 rings (SSSR count). The summed E-state index contributed by atoms with van der Waals surface area (Å²) in [6.45, 7) is 3.99.